The maximum Gasteiger partial charge on any atom is 0.192 e. The fourth-order valence-electron chi connectivity index (χ4n) is 1.83. The van der Waals surface area contributed by atoms with Crippen LogP contribution in [0.5, 0.6) is 0 Å². The van der Waals surface area contributed by atoms with Crippen molar-refractivity contribution in [2.75, 3.05) is 33.7 Å². The van der Waals surface area contributed by atoms with Gasteiger partial charge in [-0.25, -0.2) is 0 Å². The van der Waals surface area contributed by atoms with Gasteiger partial charge in [0, 0.05) is 25.4 Å². The SMILES string of the molecule is C#CCNC(=NCC(c1cnn(C)c1)N(C)C)NCC. The van der Waals surface area contributed by atoms with E-state index in [2.05, 4.69) is 31.5 Å². The maximum absolute atomic E-state index is 5.26. The van der Waals surface area contributed by atoms with Gasteiger partial charge in [0.25, 0.3) is 0 Å². The van der Waals surface area contributed by atoms with E-state index in [1.54, 1.807) is 4.68 Å². The predicted molar refractivity (Wildman–Crippen MR) is 82.5 cm³/mol. The Hall–Kier alpha value is -2.00. The van der Waals surface area contributed by atoms with Crippen LogP contribution in [0.4, 0.5) is 0 Å². The van der Waals surface area contributed by atoms with E-state index in [0.29, 0.717) is 13.1 Å². The Morgan fingerprint density at radius 2 is 2.30 bits per heavy atom. The van der Waals surface area contributed by atoms with Crippen molar-refractivity contribution >= 4 is 5.96 Å². The summed E-state index contributed by atoms with van der Waals surface area (Å²) in [5, 5.41) is 10.5. The average molecular weight is 276 g/mol. The highest BCUT2D eigenvalue weighted by atomic mass is 15.2. The molecule has 1 rings (SSSR count). The fraction of sp³-hybridized carbons (Fsp3) is 0.571. The van der Waals surface area contributed by atoms with E-state index in [1.807, 2.05) is 40.5 Å². The molecule has 0 saturated carbocycles. The minimum Gasteiger partial charge on any atom is -0.357 e. The molecule has 1 aromatic rings. The first-order valence-electron chi connectivity index (χ1n) is 6.69. The summed E-state index contributed by atoms with van der Waals surface area (Å²) in [4.78, 5) is 6.71. The van der Waals surface area contributed by atoms with Gasteiger partial charge in [-0.05, 0) is 21.0 Å². The monoisotopic (exact) mass is 276 g/mol. The lowest BCUT2D eigenvalue weighted by Gasteiger charge is -2.22. The van der Waals surface area contributed by atoms with Gasteiger partial charge in [-0.15, -0.1) is 6.42 Å². The van der Waals surface area contributed by atoms with Crippen LogP contribution in [-0.2, 0) is 7.05 Å². The van der Waals surface area contributed by atoms with E-state index < -0.39 is 0 Å². The molecule has 0 aliphatic heterocycles. The first-order valence-corrected chi connectivity index (χ1v) is 6.69. The topological polar surface area (TPSA) is 57.5 Å². The second-order valence-corrected chi connectivity index (χ2v) is 4.70. The molecule has 110 valence electrons. The maximum atomic E-state index is 5.26. The second kappa shape index (κ2) is 8.23. The van der Waals surface area contributed by atoms with E-state index in [-0.39, 0.29) is 6.04 Å². The standard InChI is InChI=1S/C14H24N6/c1-6-8-16-14(15-7-2)17-10-13(19(3)4)12-9-18-20(5)11-12/h1,9,11,13H,7-8,10H2,2-5H3,(H2,15,16,17). The molecule has 1 atom stereocenters. The van der Waals surface area contributed by atoms with Crippen LogP contribution < -0.4 is 10.6 Å². The molecule has 6 heteroatoms. The third-order valence-electron chi connectivity index (χ3n) is 2.86. The Labute approximate surface area is 121 Å². The van der Waals surface area contributed by atoms with Gasteiger partial charge >= 0.3 is 0 Å². The summed E-state index contributed by atoms with van der Waals surface area (Å²) < 4.78 is 1.80. The van der Waals surface area contributed by atoms with Crippen LogP contribution in [0, 0.1) is 12.3 Å². The Morgan fingerprint density at radius 3 is 2.80 bits per heavy atom. The molecule has 0 saturated heterocycles. The van der Waals surface area contributed by atoms with Crippen LogP contribution in [0.25, 0.3) is 0 Å². The molecule has 0 radical (unpaired) electrons. The Bertz CT molecular complexity index is 468. The van der Waals surface area contributed by atoms with Gasteiger partial charge in [-0.2, -0.15) is 5.10 Å². The van der Waals surface area contributed by atoms with Crippen LogP contribution in [0.1, 0.15) is 18.5 Å². The minimum atomic E-state index is 0.185. The van der Waals surface area contributed by atoms with Crippen LogP contribution in [0.2, 0.25) is 0 Å². The summed E-state index contributed by atoms with van der Waals surface area (Å²) >= 11 is 0. The van der Waals surface area contributed by atoms with Crippen molar-refractivity contribution in [1.29, 1.82) is 0 Å². The van der Waals surface area contributed by atoms with Crippen molar-refractivity contribution < 1.29 is 0 Å². The average Bonchev–Trinajstić information content (AvgIpc) is 2.82. The lowest BCUT2D eigenvalue weighted by atomic mass is 10.1. The van der Waals surface area contributed by atoms with Gasteiger partial charge in [-0.1, -0.05) is 5.92 Å². The summed E-state index contributed by atoms with van der Waals surface area (Å²) in [7, 11) is 5.99. The number of likely N-dealkylation sites (N-methyl/N-ethyl adjacent to an activating group) is 1. The van der Waals surface area contributed by atoms with Crippen molar-refractivity contribution in [2.45, 2.75) is 13.0 Å². The highest BCUT2D eigenvalue weighted by molar-refractivity contribution is 5.80. The lowest BCUT2D eigenvalue weighted by Crippen LogP contribution is -2.38. The molecule has 0 aliphatic carbocycles. The van der Waals surface area contributed by atoms with E-state index in [1.165, 1.54) is 0 Å². The fourth-order valence-corrected chi connectivity index (χ4v) is 1.83. The van der Waals surface area contributed by atoms with Crippen molar-refractivity contribution in [3.05, 3.63) is 18.0 Å². The summed E-state index contributed by atoms with van der Waals surface area (Å²) in [6.07, 6.45) is 9.15. The molecule has 0 amide bonds. The molecule has 0 bridgehead atoms. The second-order valence-electron chi connectivity index (χ2n) is 4.70. The molecule has 0 aliphatic rings. The number of aromatic nitrogens is 2. The molecule has 0 fully saturated rings. The van der Waals surface area contributed by atoms with Crippen LogP contribution in [0.15, 0.2) is 17.4 Å². The molecule has 1 aromatic heterocycles. The van der Waals surface area contributed by atoms with E-state index in [9.17, 15) is 0 Å². The number of aryl methyl sites for hydroxylation is 1. The summed E-state index contributed by atoms with van der Waals surface area (Å²) in [6, 6.07) is 0.185. The highest BCUT2D eigenvalue weighted by Crippen LogP contribution is 2.17. The first-order chi connectivity index (χ1) is 9.58. The van der Waals surface area contributed by atoms with Crippen LogP contribution in [-0.4, -0.2) is 54.4 Å². The van der Waals surface area contributed by atoms with E-state index >= 15 is 0 Å². The zero-order valence-corrected chi connectivity index (χ0v) is 12.7. The number of aliphatic imine (C=N–C) groups is 1. The number of nitrogens with zero attached hydrogens (tertiary/aromatic N) is 4. The number of guanidine groups is 1. The number of rotatable bonds is 6. The lowest BCUT2D eigenvalue weighted by molar-refractivity contribution is 0.306. The zero-order valence-electron chi connectivity index (χ0n) is 12.7. The van der Waals surface area contributed by atoms with Crippen molar-refractivity contribution in [3.8, 4) is 12.3 Å². The molecule has 20 heavy (non-hydrogen) atoms. The van der Waals surface area contributed by atoms with Gasteiger partial charge in [0.05, 0.1) is 25.3 Å². The van der Waals surface area contributed by atoms with Crippen LogP contribution >= 0.6 is 0 Å². The minimum absolute atomic E-state index is 0.185. The largest absolute Gasteiger partial charge is 0.357 e. The van der Waals surface area contributed by atoms with Crippen molar-refractivity contribution in [1.82, 2.24) is 25.3 Å². The zero-order chi connectivity index (χ0) is 15.0. The Morgan fingerprint density at radius 1 is 1.55 bits per heavy atom. The molecular formula is C14H24N6. The molecule has 1 heterocycles. The predicted octanol–water partition coefficient (Wildman–Crippen LogP) is 0.211. The van der Waals surface area contributed by atoms with Gasteiger partial charge in [0.2, 0.25) is 0 Å². The molecule has 0 aromatic carbocycles. The van der Waals surface area contributed by atoms with Gasteiger partial charge < -0.3 is 15.5 Å². The molecule has 2 N–H and O–H groups in total. The van der Waals surface area contributed by atoms with E-state index in [4.69, 9.17) is 6.42 Å². The quantitative estimate of drug-likeness (QED) is 0.443. The first kappa shape index (κ1) is 16.1. The number of hydrogen-bond acceptors (Lipinski definition) is 3. The number of hydrogen-bond donors (Lipinski definition) is 2. The third kappa shape index (κ3) is 4.94. The Balaban J connectivity index is 2.76. The summed E-state index contributed by atoms with van der Waals surface area (Å²) in [5.74, 6) is 3.28. The number of nitrogens with one attached hydrogen (secondary N) is 2. The Kier molecular flexibility index (Phi) is 6.60. The third-order valence-corrected chi connectivity index (χ3v) is 2.86. The van der Waals surface area contributed by atoms with Crippen molar-refractivity contribution in [2.24, 2.45) is 12.0 Å². The summed E-state index contributed by atoms with van der Waals surface area (Å²) in [6.45, 7) is 3.93. The highest BCUT2D eigenvalue weighted by Gasteiger charge is 2.15. The van der Waals surface area contributed by atoms with E-state index in [0.717, 1.165) is 18.1 Å². The van der Waals surface area contributed by atoms with Gasteiger partial charge in [0.15, 0.2) is 5.96 Å². The molecular weight excluding hydrogens is 252 g/mol. The van der Waals surface area contributed by atoms with Crippen LogP contribution in [0.3, 0.4) is 0 Å². The normalized spacial score (nSPS) is 13.1. The van der Waals surface area contributed by atoms with Gasteiger partial charge in [-0.3, -0.25) is 9.67 Å². The number of terminal acetylenes is 1. The van der Waals surface area contributed by atoms with Gasteiger partial charge in [0.1, 0.15) is 0 Å². The smallest absolute Gasteiger partial charge is 0.192 e. The molecule has 6 nitrogen and oxygen atoms in total. The molecule has 1 unspecified atom stereocenters. The molecule has 0 spiro atoms. The van der Waals surface area contributed by atoms with Crippen molar-refractivity contribution in [3.63, 3.8) is 0 Å². The summed E-state index contributed by atoms with van der Waals surface area (Å²) in [5.41, 5.74) is 1.15.